The third kappa shape index (κ3) is 16.4. The zero-order valence-corrected chi connectivity index (χ0v) is 48.9. The van der Waals surface area contributed by atoms with E-state index >= 15 is 0 Å². The van der Waals surface area contributed by atoms with E-state index in [1.165, 1.54) is 0 Å². The summed E-state index contributed by atoms with van der Waals surface area (Å²) in [4.78, 5) is 43.5. The van der Waals surface area contributed by atoms with Crippen LogP contribution in [0.2, 0.25) is 15.1 Å². The predicted molar refractivity (Wildman–Crippen MR) is 309 cm³/mol. The highest BCUT2D eigenvalue weighted by Crippen LogP contribution is 2.61. The summed E-state index contributed by atoms with van der Waals surface area (Å²) in [6.07, 6.45) is 5.59. The molecule has 4 heterocycles. The van der Waals surface area contributed by atoms with Gasteiger partial charge in [0.15, 0.2) is 5.60 Å². The second kappa shape index (κ2) is 31.6. The number of carbonyl (C=O) groups is 3. The lowest BCUT2D eigenvalue weighted by molar-refractivity contribution is -0.122. The molecule has 4 aliphatic rings. The average Bonchev–Trinajstić information content (AvgIpc) is 3.40. The van der Waals surface area contributed by atoms with Gasteiger partial charge in [0.25, 0.3) is 0 Å². The van der Waals surface area contributed by atoms with Crippen LogP contribution in [0.15, 0.2) is 48.5 Å². The van der Waals surface area contributed by atoms with Crippen LogP contribution < -0.4 is 25.2 Å². The van der Waals surface area contributed by atoms with Crippen molar-refractivity contribution in [3.63, 3.8) is 0 Å². The normalized spacial score (nSPS) is 15.9. The molecule has 18 nitrogen and oxygen atoms in total. The molecule has 21 heteroatoms. The van der Waals surface area contributed by atoms with Gasteiger partial charge in [0, 0.05) is 92.3 Å². The van der Waals surface area contributed by atoms with Gasteiger partial charge in [-0.3, -0.25) is 9.59 Å². The molecular formula is C60H77Cl3N4O14. The molecule has 2 amide bonds. The summed E-state index contributed by atoms with van der Waals surface area (Å²) >= 11 is 20.9. The minimum Gasteiger partial charge on any atom is -0.508 e. The molecule has 0 saturated carbocycles. The van der Waals surface area contributed by atoms with Crippen LogP contribution in [-0.2, 0) is 77.1 Å². The van der Waals surface area contributed by atoms with Crippen molar-refractivity contribution in [2.75, 3.05) is 155 Å². The maximum atomic E-state index is 14.0. The summed E-state index contributed by atoms with van der Waals surface area (Å²) in [6.45, 7) is 14.9. The molecule has 1 atom stereocenters. The number of fused-ring (bicyclic) bond motifs is 8. The Balaban J connectivity index is 0.630. The van der Waals surface area contributed by atoms with E-state index in [-0.39, 0.29) is 44.6 Å². The van der Waals surface area contributed by atoms with Crippen molar-refractivity contribution in [2.45, 2.75) is 70.8 Å². The molecule has 0 saturated heterocycles. The Morgan fingerprint density at radius 3 is 1.64 bits per heavy atom. The number of hydrogen-bond acceptors (Lipinski definition) is 16. The molecule has 0 aliphatic carbocycles. The maximum absolute atomic E-state index is 14.0. The van der Waals surface area contributed by atoms with E-state index in [4.69, 9.17) is 82.2 Å². The van der Waals surface area contributed by atoms with E-state index in [2.05, 4.69) is 45.6 Å². The molecule has 442 valence electrons. The Morgan fingerprint density at radius 1 is 0.617 bits per heavy atom. The minimum atomic E-state index is -1.44. The van der Waals surface area contributed by atoms with Crippen molar-refractivity contribution in [1.82, 2.24) is 10.6 Å². The number of phenols is 1. The second-order valence-corrected chi connectivity index (χ2v) is 21.2. The quantitative estimate of drug-likeness (QED) is 0.0225. The predicted octanol–water partition coefficient (Wildman–Crippen LogP) is 8.53. The fourth-order valence-corrected chi connectivity index (χ4v) is 11.4. The number of carbonyl (C=O) groups excluding carboxylic acids is 3. The number of phenolic OH excluding ortho intramolecular Hbond substituents is 1. The van der Waals surface area contributed by atoms with Crippen LogP contribution in [0.1, 0.15) is 88.3 Å². The van der Waals surface area contributed by atoms with Gasteiger partial charge in [-0.15, -0.1) is 0 Å². The summed E-state index contributed by atoms with van der Waals surface area (Å²) in [7, 11) is 0. The number of rotatable bonds is 35. The Morgan fingerprint density at radius 2 is 1.10 bits per heavy atom. The van der Waals surface area contributed by atoms with Crippen LogP contribution in [0.3, 0.4) is 0 Å². The third-order valence-corrected chi connectivity index (χ3v) is 16.1. The number of nitrogens with one attached hydrogen (secondary N) is 2. The van der Waals surface area contributed by atoms with E-state index in [1.807, 2.05) is 18.2 Å². The highest BCUT2D eigenvalue weighted by molar-refractivity contribution is 6.46. The molecule has 0 radical (unpaired) electrons. The number of benzene rings is 4. The Kier molecular flexibility index (Phi) is 24.2. The summed E-state index contributed by atoms with van der Waals surface area (Å²) in [6, 6.07) is 15.3. The van der Waals surface area contributed by atoms with E-state index in [0.717, 1.165) is 73.4 Å². The topological polar surface area (TPSA) is 194 Å². The first-order valence-electron chi connectivity index (χ1n) is 28.4. The molecule has 0 bridgehead atoms. The molecule has 0 fully saturated rings. The van der Waals surface area contributed by atoms with E-state index < -0.39 is 11.6 Å². The van der Waals surface area contributed by atoms with Crippen molar-refractivity contribution in [2.24, 2.45) is 0 Å². The van der Waals surface area contributed by atoms with Gasteiger partial charge in [-0.2, -0.15) is 0 Å². The van der Waals surface area contributed by atoms with Crippen LogP contribution in [0, 0.1) is 6.92 Å². The molecule has 3 N–H and O–H groups in total. The molecule has 4 aliphatic heterocycles. The monoisotopic (exact) mass is 1180 g/mol. The van der Waals surface area contributed by atoms with E-state index in [9.17, 15) is 19.5 Å². The molecule has 1 spiro atoms. The first-order chi connectivity index (χ1) is 39.5. The fraction of sp³-hybridized carbons (Fsp3) is 0.550. The van der Waals surface area contributed by atoms with Crippen molar-refractivity contribution < 1.29 is 66.9 Å². The van der Waals surface area contributed by atoms with Crippen LogP contribution in [0.4, 0.5) is 11.4 Å². The Hall–Kier alpha value is -4.96. The number of amides is 2. The number of halogens is 3. The molecule has 81 heavy (non-hydrogen) atoms. The zero-order valence-electron chi connectivity index (χ0n) is 46.6. The molecule has 4 aromatic carbocycles. The second-order valence-electron chi connectivity index (χ2n) is 20.1. The van der Waals surface area contributed by atoms with Crippen molar-refractivity contribution in [3.05, 3.63) is 108 Å². The van der Waals surface area contributed by atoms with Gasteiger partial charge in [0.1, 0.15) is 17.2 Å². The number of nitrogens with zero attached hydrogens (tertiary/aromatic N) is 2. The van der Waals surface area contributed by atoms with Crippen molar-refractivity contribution in [1.29, 1.82) is 0 Å². The number of hydrogen-bond donors (Lipinski definition) is 3. The van der Waals surface area contributed by atoms with Gasteiger partial charge in [0.2, 0.25) is 11.8 Å². The standard InChI is InChI=1S/C60H77Cl3N4O14/c1-3-66-18-4-7-43-37-46-50(39-48(43)66)80-51-40-49-44(38-47(51)60(46)55-54(59(71)81-60)56(61)41(2)57(62)58(55)63)8-5-19-67(49)20-6-9-52(69)65-17-22-73-24-26-75-28-30-77-32-34-79-36-35-78-33-31-76-29-27-74-25-23-72-21-15-53(70)64-16-14-42-10-12-45(68)13-11-42/h10-13,37-40,68H,3-9,14-36H2,1-2H3,(H,64,70)(H,65,69). The summed E-state index contributed by atoms with van der Waals surface area (Å²) < 4.78 is 57.9. The van der Waals surface area contributed by atoms with Gasteiger partial charge in [-0.25, -0.2) is 4.79 Å². The van der Waals surface area contributed by atoms with Crippen LogP contribution in [-0.4, -0.2) is 168 Å². The summed E-state index contributed by atoms with van der Waals surface area (Å²) in [5.41, 5.74) is 6.54. The molecule has 0 aromatic heterocycles. The number of anilines is 2. The minimum absolute atomic E-state index is 0.0379. The Bertz CT molecular complexity index is 2740. The lowest BCUT2D eigenvalue weighted by Gasteiger charge is -2.41. The first kappa shape index (κ1) is 62.1. The largest absolute Gasteiger partial charge is 0.508 e. The summed E-state index contributed by atoms with van der Waals surface area (Å²) in [5, 5.41) is 15.9. The SMILES string of the molecule is CCN1CCCc2cc3c(cc21)Oc1cc2c(cc1C31OC(=O)c3c(Cl)c(C)c(Cl)c(Cl)c31)CCCN2CCCC(=O)NCCOCCOCCOCCOCCOCCOCCOCCOCCC(=O)NCCc1ccc(O)cc1. The summed E-state index contributed by atoms with van der Waals surface area (Å²) in [5.74, 6) is 0.706. The molecule has 4 aromatic rings. The average molecular weight is 1180 g/mol. The van der Waals surface area contributed by atoms with Crippen molar-refractivity contribution in [3.8, 4) is 17.2 Å². The van der Waals surface area contributed by atoms with Gasteiger partial charge in [-0.05, 0) is 98.9 Å². The van der Waals surface area contributed by atoms with Crippen molar-refractivity contribution >= 4 is 64.0 Å². The van der Waals surface area contributed by atoms with Gasteiger partial charge >= 0.3 is 5.97 Å². The molecule has 1 unspecified atom stereocenters. The van der Waals surface area contributed by atoms with E-state index in [0.29, 0.717) is 178 Å². The van der Waals surface area contributed by atoms with Crippen LogP contribution >= 0.6 is 34.8 Å². The third-order valence-electron chi connectivity index (χ3n) is 14.6. The number of aromatic hydroxyl groups is 1. The first-order valence-corrected chi connectivity index (χ1v) is 29.5. The van der Waals surface area contributed by atoms with E-state index in [1.54, 1.807) is 19.1 Å². The fourth-order valence-electron chi connectivity index (χ4n) is 10.5. The zero-order chi connectivity index (χ0) is 57.0. The smallest absolute Gasteiger partial charge is 0.341 e. The van der Waals surface area contributed by atoms with Gasteiger partial charge in [-0.1, -0.05) is 46.9 Å². The van der Waals surface area contributed by atoms with Crippen LogP contribution in [0.5, 0.6) is 17.2 Å². The van der Waals surface area contributed by atoms with Gasteiger partial charge < -0.3 is 72.9 Å². The number of ether oxygens (including phenoxy) is 10. The highest BCUT2D eigenvalue weighted by atomic mass is 35.5. The number of aryl methyl sites for hydroxylation is 2. The van der Waals surface area contributed by atoms with Gasteiger partial charge in [0.05, 0.1) is 126 Å². The van der Waals surface area contributed by atoms with Crippen LogP contribution in [0.25, 0.3) is 0 Å². The number of esters is 1. The molecular weight excluding hydrogens is 1110 g/mol. The maximum Gasteiger partial charge on any atom is 0.341 e. The Labute approximate surface area is 490 Å². The highest BCUT2D eigenvalue weighted by Gasteiger charge is 2.57. The molecule has 8 rings (SSSR count). The lowest BCUT2D eigenvalue weighted by atomic mass is 9.75. The lowest BCUT2D eigenvalue weighted by Crippen LogP contribution is -2.36.